The van der Waals surface area contributed by atoms with Gasteiger partial charge in [-0.1, -0.05) is 25.1 Å². The van der Waals surface area contributed by atoms with E-state index in [-0.39, 0.29) is 41.3 Å². The van der Waals surface area contributed by atoms with Crippen molar-refractivity contribution < 1.29 is 28.3 Å². The van der Waals surface area contributed by atoms with Gasteiger partial charge in [0.05, 0.1) is 18.4 Å². The molecule has 4 fully saturated rings. The molecule has 0 aliphatic carbocycles. The lowest BCUT2D eigenvalue weighted by Crippen LogP contribution is -2.51. The van der Waals surface area contributed by atoms with Crippen LogP contribution in [0.1, 0.15) is 63.7 Å². The summed E-state index contributed by atoms with van der Waals surface area (Å²) in [6, 6.07) is 12.0. The first-order valence-electron chi connectivity index (χ1n) is 20.6. The van der Waals surface area contributed by atoms with Crippen LogP contribution in [0.15, 0.2) is 47.1 Å². The molecule has 9 rings (SSSR count). The summed E-state index contributed by atoms with van der Waals surface area (Å²) >= 11 is 0. The highest BCUT2D eigenvalue weighted by atomic mass is 19.1. The van der Waals surface area contributed by atoms with E-state index < -0.39 is 5.82 Å². The van der Waals surface area contributed by atoms with E-state index in [2.05, 4.69) is 44.1 Å². The second-order valence-corrected chi connectivity index (χ2v) is 16.2. The number of rotatable bonds is 12. The summed E-state index contributed by atoms with van der Waals surface area (Å²) in [7, 11) is 0. The monoisotopic (exact) mass is 778 g/mol. The van der Waals surface area contributed by atoms with Crippen molar-refractivity contribution in [2.45, 2.75) is 83.3 Å². The van der Waals surface area contributed by atoms with E-state index in [4.69, 9.17) is 19.0 Å². The van der Waals surface area contributed by atoms with E-state index in [0.717, 1.165) is 94.0 Å². The van der Waals surface area contributed by atoms with E-state index in [9.17, 15) is 9.90 Å². The fourth-order valence-corrected chi connectivity index (χ4v) is 9.30. The third kappa shape index (κ3) is 7.81. The number of likely N-dealkylation sites (tertiary alicyclic amines) is 2. The molecule has 4 aliphatic rings. The molecule has 4 saturated heterocycles. The minimum atomic E-state index is -0.562. The van der Waals surface area contributed by atoms with Gasteiger partial charge < -0.3 is 34.2 Å². The molecule has 3 unspecified atom stereocenters. The smallest absolute Gasteiger partial charge is 0.319 e. The number of pyridine rings is 1. The van der Waals surface area contributed by atoms with Crippen molar-refractivity contribution in [1.82, 2.24) is 35.2 Å². The zero-order valence-corrected chi connectivity index (χ0v) is 32.8. The predicted octanol–water partition coefficient (Wildman–Crippen LogP) is 5.90. The van der Waals surface area contributed by atoms with Gasteiger partial charge in [-0.15, -0.1) is 0 Å². The number of aromatic hydroxyl groups is 1. The zero-order valence-electron chi connectivity index (χ0n) is 32.8. The number of nitrogens with zero attached hydrogens (tertiary/aromatic N) is 7. The van der Waals surface area contributed by atoms with Crippen LogP contribution in [-0.2, 0) is 17.6 Å². The molecule has 4 aliphatic heterocycles. The van der Waals surface area contributed by atoms with Crippen LogP contribution in [-0.4, -0.2) is 112 Å². The van der Waals surface area contributed by atoms with Crippen molar-refractivity contribution in [3.63, 3.8) is 0 Å². The number of hydrogen-bond acceptors (Lipinski definition) is 12. The molecule has 0 saturated carbocycles. The number of halogens is 1. The van der Waals surface area contributed by atoms with Crippen LogP contribution < -0.4 is 19.7 Å². The Morgan fingerprint density at radius 2 is 1.86 bits per heavy atom. The summed E-state index contributed by atoms with van der Waals surface area (Å²) in [6.07, 6.45) is 8.82. The Morgan fingerprint density at radius 3 is 2.63 bits per heavy atom. The molecule has 1 amide bonds. The van der Waals surface area contributed by atoms with Crippen molar-refractivity contribution >= 4 is 33.4 Å². The lowest BCUT2D eigenvalue weighted by atomic mass is 9.95. The summed E-state index contributed by atoms with van der Waals surface area (Å²) in [5.41, 5.74) is 1.87. The molecule has 5 aromatic rings. The maximum atomic E-state index is 16.9. The third-order valence-electron chi connectivity index (χ3n) is 12.4. The number of benzene rings is 2. The molecule has 57 heavy (non-hydrogen) atoms. The Labute approximate surface area is 331 Å². The SMILES string of the molecule is CCc1cccc2cc(O)cc(-c3ncc4c(N5CC6CCC(C5)N6)nc(OCCN5CCC(COc6cc(CC(=O)N7CCCC7C)on6)CC5)nc4c3F)c12. The first-order chi connectivity index (χ1) is 27.8. The molecule has 2 aromatic carbocycles. The molecule has 0 radical (unpaired) electrons. The molecule has 2 N–H and O–H groups in total. The van der Waals surface area contributed by atoms with E-state index in [0.29, 0.717) is 66.2 Å². The van der Waals surface area contributed by atoms with E-state index >= 15 is 4.39 Å². The highest BCUT2D eigenvalue weighted by Crippen LogP contribution is 2.39. The fourth-order valence-electron chi connectivity index (χ4n) is 9.30. The van der Waals surface area contributed by atoms with E-state index in [1.54, 1.807) is 24.4 Å². The van der Waals surface area contributed by atoms with Gasteiger partial charge in [0.2, 0.25) is 5.91 Å². The molecular weight excluding hydrogens is 728 g/mol. The molecule has 14 heteroatoms. The minimum Gasteiger partial charge on any atom is -0.508 e. The summed E-state index contributed by atoms with van der Waals surface area (Å²) in [6.45, 7) is 9.82. The first-order valence-corrected chi connectivity index (χ1v) is 20.6. The number of anilines is 1. The Balaban J connectivity index is 0.866. The Morgan fingerprint density at radius 1 is 1.04 bits per heavy atom. The first kappa shape index (κ1) is 37.5. The molecule has 300 valence electrons. The molecule has 3 atom stereocenters. The van der Waals surface area contributed by atoms with E-state index in [1.165, 1.54) is 0 Å². The number of carbonyl (C=O) groups is 1. The number of phenolic OH excluding ortho intramolecular Hbond substituents is 1. The van der Waals surface area contributed by atoms with Crippen LogP contribution in [0, 0.1) is 11.7 Å². The number of piperidine rings is 1. The van der Waals surface area contributed by atoms with Gasteiger partial charge in [-0.25, -0.2) is 4.39 Å². The van der Waals surface area contributed by atoms with Gasteiger partial charge in [0.15, 0.2) is 5.82 Å². The summed E-state index contributed by atoms with van der Waals surface area (Å²) < 4.78 is 34.6. The molecular formula is C43H51FN8O5. The maximum Gasteiger partial charge on any atom is 0.319 e. The van der Waals surface area contributed by atoms with Crippen LogP contribution in [0.5, 0.6) is 17.6 Å². The van der Waals surface area contributed by atoms with Gasteiger partial charge in [0, 0.05) is 62.1 Å². The average Bonchev–Trinajstić information content (AvgIpc) is 3.96. The highest BCUT2D eigenvalue weighted by molar-refractivity contribution is 6.01. The normalized spacial score (nSPS) is 21.6. The van der Waals surface area contributed by atoms with Crippen LogP contribution in [0.4, 0.5) is 10.2 Å². The minimum absolute atomic E-state index is 0.0490. The van der Waals surface area contributed by atoms with Crippen LogP contribution >= 0.6 is 0 Å². The van der Waals surface area contributed by atoms with Crippen LogP contribution in [0.25, 0.3) is 32.9 Å². The lowest BCUT2D eigenvalue weighted by molar-refractivity contribution is -0.131. The fraction of sp³-hybridized carbons (Fsp3) is 0.512. The summed E-state index contributed by atoms with van der Waals surface area (Å²) in [5.74, 6) is 1.52. The third-order valence-corrected chi connectivity index (χ3v) is 12.4. The Kier molecular flexibility index (Phi) is 10.6. The number of carbonyl (C=O) groups excluding carboxylic acids is 1. The number of piperazine rings is 1. The number of fused-ring (bicyclic) bond motifs is 4. The van der Waals surface area contributed by atoms with Crippen molar-refractivity contribution in [2.24, 2.45) is 5.92 Å². The number of nitrogens with one attached hydrogen (secondary N) is 1. The van der Waals surface area contributed by atoms with Crippen LogP contribution in [0.3, 0.4) is 0 Å². The van der Waals surface area contributed by atoms with Gasteiger partial charge in [-0.2, -0.15) is 9.97 Å². The van der Waals surface area contributed by atoms with Gasteiger partial charge in [-0.3, -0.25) is 14.7 Å². The molecule has 7 heterocycles. The van der Waals surface area contributed by atoms with Gasteiger partial charge in [0.1, 0.15) is 35.1 Å². The molecule has 2 bridgehead atoms. The largest absolute Gasteiger partial charge is 0.508 e. The number of ether oxygens (including phenoxy) is 2. The zero-order chi connectivity index (χ0) is 39.0. The van der Waals surface area contributed by atoms with Crippen molar-refractivity contribution in [3.8, 4) is 28.9 Å². The van der Waals surface area contributed by atoms with Crippen LogP contribution in [0.2, 0.25) is 0 Å². The number of aryl methyl sites for hydroxylation is 1. The Hall–Kier alpha value is -5.08. The van der Waals surface area contributed by atoms with Gasteiger partial charge in [-0.05, 0) is 105 Å². The second-order valence-electron chi connectivity index (χ2n) is 16.2. The van der Waals surface area contributed by atoms with Crippen molar-refractivity contribution in [1.29, 1.82) is 0 Å². The number of amides is 1. The maximum absolute atomic E-state index is 16.9. The standard InChI is InChI=1S/C43H51FN8O5/c1-3-28-7-4-8-29-18-32(53)19-34(38(28)29)40-39(44)41-35(22-45-40)42(51-23-30-9-10-31(24-51)46-30)48-43(47-41)55-17-16-50-14-11-27(12-15-50)25-56-36-20-33(57-49-36)21-37(54)52-13-5-6-26(52)2/h4,7-8,18-20,22,26-27,30-31,46,53H,3,5-6,9-17,21,23-25H2,1-2H3. The lowest BCUT2D eigenvalue weighted by Gasteiger charge is -2.34. The Bertz CT molecular complexity index is 2250. The topological polar surface area (TPSA) is 142 Å². The highest BCUT2D eigenvalue weighted by Gasteiger charge is 2.34. The van der Waals surface area contributed by atoms with Gasteiger partial charge in [0.25, 0.3) is 5.88 Å². The number of phenols is 1. The molecule has 3 aromatic heterocycles. The van der Waals surface area contributed by atoms with Crippen molar-refractivity contribution in [2.75, 3.05) is 57.4 Å². The quantitative estimate of drug-likeness (QED) is 0.156. The molecule has 13 nitrogen and oxygen atoms in total. The van der Waals surface area contributed by atoms with Gasteiger partial charge >= 0.3 is 6.01 Å². The predicted molar refractivity (Wildman–Crippen MR) is 214 cm³/mol. The van der Waals surface area contributed by atoms with E-state index in [1.807, 2.05) is 23.1 Å². The van der Waals surface area contributed by atoms with Crippen molar-refractivity contribution in [3.05, 3.63) is 59.7 Å². The number of aromatic nitrogens is 4. The second kappa shape index (κ2) is 16.0. The summed E-state index contributed by atoms with van der Waals surface area (Å²) in [4.78, 5) is 33.4. The summed E-state index contributed by atoms with van der Waals surface area (Å²) in [5, 5.41) is 20.6. The molecule has 0 spiro atoms. The number of hydrogen-bond donors (Lipinski definition) is 2. The average molecular weight is 779 g/mol.